The maximum absolute atomic E-state index is 12.2. The minimum absolute atomic E-state index is 0.116. The van der Waals surface area contributed by atoms with Crippen LogP contribution in [0.3, 0.4) is 0 Å². The molecule has 0 aromatic rings. The van der Waals surface area contributed by atoms with E-state index in [1.165, 1.54) is 13.3 Å². The molecule has 0 saturated heterocycles. The van der Waals surface area contributed by atoms with Gasteiger partial charge in [-0.3, -0.25) is 4.79 Å². The van der Waals surface area contributed by atoms with E-state index in [1.54, 1.807) is 6.92 Å². The number of carboxylic acid groups (broad SMARTS) is 1. The van der Waals surface area contributed by atoms with E-state index in [0.29, 0.717) is 11.5 Å². The van der Waals surface area contributed by atoms with Gasteiger partial charge in [-0.1, -0.05) is 20.8 Å². The van der Waals surface area contributed by atoms with Crippen LogP contribution in [0.4, 0.5) is 0 Å². The molecular formula is C16H25NO3. The van der Waals surface area contributed by atoms with Crippen molar-refractivity contribution in [2.24, 2.45) is 16.7 Å². The van der Waals surface area contributed by atoms with Crippen molar-refractivity contribution >= 4 is 11.9 Å². The van der Waals surface area contributed by atoms with Gasteiger partial charge in [0.15, 0.2) is 0 Å². The molecule has 0 spiro atoms. The summed E-state index contributed by atoms with van der Waals surface area (Å²) in [6.07, 6.45) is 3.38. The van der Waals surface area contributed by atoms with E-state index >= 15 is 0 Å². The number of carbonyl (C=O) groups excluding carboxylic acids is 1. The lowest BCUT2D eigenvalue weighted by atomic mass is 9.69. The largest absolute Gasteiger partial charge is 0.478 e. The Morgan fingerprint density at radius 2 is 1.75 bits per heavy atom. The highest BCUT2D eigenvalue weighted by molar-refractivity contribution is 6.01. The Morgan fingerprint density at radius 1 is 1.15 bits per heavy atom. The third kappa shape index (κ3) is 1.97. The van der Waals surface area contributed by atoms with Crippen LogP contribution in [0, 0.1) is 16.7 Å². The summed E-state index contributed by atoms with van der Waals surface area (Å²) in [4.78, 5) is 23.2. The van der Waals surface area contributed by atoms with Crippen LogP contribution in [0.25, 0.3) is 0 Å². The molecule has 2 bridgehead atoms. The maximum atomic E-state index is 12.2. The van der Waals surface area contributed by atoms with Crippen molar-refractivity contribution in [2.75, 3.05) is 0 Å². The fourth-order valence-electron chi connectivity index (χ4n) is 4.02. The summed E-state index contributed by atoms with van der Waals surface area (Å²) in [5, 5.41) is 12.0. The van der Waals surface area contributed by atoms with Gasteiger partial charge in [0.05, 0.1) is 0 Å². The van der Waals surface area contributed by atoms with Gasteiger partial charge in [-0.2, -0.15) is 0 Å². The molecule has 2 fully saturated rings. The second-order valence-corrected chi connectivity index (χ2v) is 7.19. The summed E-state index contributed by atoms with van der Waals surface area (Å²) in [6.45, 7) is 9.90. The molecular weight excluding hydrogens is 254 g/mol. The minimum Gasteiger partial charge on any atom is -0.478 e. The topological polar surface area (TPSA) is 66.4 Å². The van der Waals surface area contributed by atoms with E-state index in [2.05, 4.69) is 26.1 Å². The smallest absolute Gasteiger partial charge is 0.331 e. The average Bonchev–Trinajstić information content (AvgIpc) is 2.69. The molecule has 20 heavy (non-hydrogen) atoms. The van der Waals surface area contributed by atoms with Gasteiger partial charge >= 0.3 is 5.97 Å². The molecule has 4 nitrogen and oxygen atoms in total. The van der Waals surface area contributed by atoms with Crippen molar-refractivity contribution in [1.82, 2.24) is 5.32 Å². The number of aliphatic carboxylic acids is 1. The van der Waals surface area contributed by atoms with Gasteiger partial charge in [0.25, 0.3) is 0 Å². The molecule has 3 unspecified atom stereocenters. The Balaban J connectivity index is 2.16. The highest BCUT2D eigenvalue weighted by atomic mass is 16.4. The molecule has 0 radical (unpaired) electrons. The first kappa shape index (κ1) is 15.1. The van der Waals surface area contributed by atoms with Gasteiger partial charge in [-0.15, -0.1) is 0 Å². The molecule has 2 saturated carbocycles. The summed E-state index contributed by atoms with van der Waals surface area (Å²) < 4.78 is 0. The molecule has 0 aromatic heterocycles. The zero-order chi connectivity index (χ0) is 15.3. The number of hydrogen-bond acceptors (Lipinski definition) is 2. The third-order valence-corrected chi connectivity index (χ3v) is 6.32. The van der Waals surface area contributed by atoms with E-state index in [-0.39, 0.29) is 28.4 Å². The molecule has 0 aliphatic heterocycles. The summed E-state index contributed by atoms with van der Waals surface area (Å²) >= 11 is 0. The molecule has 2 aliphatic rings. The zero-order valence-corrected chi connectivity index (χ0v) is 13.0. The van der Waals surface area contributed by atoms with E-state index < -0.39 is 5.97 Å². The monoisotopic (exact) mass is 279 g/mol. The number of carbonyl (C=O) groups is 2. The lowest BCUT2D eigenvalue weighted by Gasteiger charge is -2.39. The Kier molecular flexibility index (Phi) is 3.47. The van der Waals surface area contributed by atoms with Crippen LogP contribution >= 0.6 is 0 Å². The molecule has 2 aliphatic carbocycles. The summed E-state index contributed by atoms with van der Waals surface area (Å²) in [7, 11) is 0. The first-order chi connectivity index (χ1) is 9.11. The van der Waals surface area contributed by atoms with Crippen molar-refractivity contribution in [2.45, 2.75) is 59.9 Å². The number of hydrogen-bond donors (Lipinski definition) is 2. The van der Waals surface area contributed by atoms with Crippen molar-refractivity contribution in [1.29, 1.82) is 0 Å². The Morgan fingerprint density at radius 3 is 2.15 bits per heavy atom. The van der Waals surface area contributed by atoms with Crippen molar-refractivity contribution in [3.05, 3.63) is 11.1 Å². The van der Waals surface area contributed by atoms with E-state index in [9.17, 15) is 9.59 Å². The van der Waals surface area contributed by atoms with Crippen LogP contribution in [-0.2, 0) is 9.59 Å². The van der Waals surface area contributed by atoms with E-state index in [4.69, 9.17) is 5.11 Å². The number of carboxylic acids is 1. The second-order valence-electron chi connectivity index (χ2n) is 7.19. The molecule has 3 atom stereocenters. The first-order valence-electron chi connectivity index (χ1n) is 7.33. The Hall–Kier alpha value is -1.32. The van der Waals surface area contributed by atoms with Crippen LogP contribution in [0.5, 0.6) is 0 Å². The highest BCUT2D eigenvalue weighted by Crippen LogP contribution is 2.65. The SMILES string of the molecule is CC(C(=O)O)=C(C)C(=O)NC1CC2CCC1(C)C2(C)C. The van der Waals surface area contributed by atoms with Crippen molar-refractivity contribution < 1.29 is 14.7 Å². The second kappa shape index (κ2) is 4.61. The van der Waals surface area contributed by atoms with Crippen molar-refractivity contribution in [3.8, 4) is 0 Å². The first-order valence-corrected chi connectivity index (χ1v) is 7.33. The van der Waals surface area contributed by atoms with E-state index in [0.717, 1.165) is 12.8 Å². The summed E-state index contributed by atoms with van der Waals surface area (Å²) in [5.41, 5.74) is 0.784. The number of amides is 1. The van der Waals surface area contributed by atoms with Gasteiger partial charge < -0.3 is 10.4 Å². The molecule has 0 aromatic carbocycles. The van der Waals surface area contributed by atoms with Crippen molar-refractivity contribution in [3.63, 3.8) is 0 Å². The number of rotatable bonds is 3. The maximum Gasteiger partial charge on any atom is 0.331 e. The van der Waals surface area contributed by atoms with E-state index in [1.807, 2.05) is 0 Å². The van der Waals surface area contributed by atoms with Gasteiger partial charge in [-0.05, 0) is 49.9 Å². The molecule has 2 rings (SSSR count). The minimum atomic E-state index is -1.03. The molecule has 2 N–H and O–H groups in total. The standard InChI is InChI=1S/C16H25NO3/c1-9(10(2)14(19)20)13(18)17-12-8-11-6-7-16(12,5)15(11,3)4/h11-12H,6-8H2,1-5H3,(H,17,18)(H,19,20). The molecule has 112 valence electrons. The number of nitrogens with one attached hydrogen (secondary N) is 1. The van der Waals surface area contributed by atoms with Gasteiger partial charge in [-0.25, -0.2) is 4.79 Å². The van der Waals surface area contributed by atoms with Crippen LogP contribution in [-0.4, -0.2) is 23.0 Å². The normalized spacial score (nSPS) is 35.6. The molecule has 1 amide bonds. The lowest BCUT2D eigenvalue weighted by Crippen LogP contribution is -2.47. The average molecular weight is 279 g/mol. The molecule has 4 heteroatoms. The van der Waals surface area contributed by atoms with Gasteiger partial charge in [0.2, 0.25) is 5.91 Å². The lowest BCUT2D eigenvalue weighted by molar-refractivity contribution is -0.133. The quantitative estimate of drug-likeness (QED) is 0.781. The number of fused-ring (bicyclic) bond motifs is 2. The van der Waals surface area contributed by atoms with Gasteiger partial charge in [0.1, 0.15) is 0 Å². The van der Waals surface area contributed by atoms with Crippen LogP contribution in [0.1, 0.15) is 53.9 Å². The van der Waals surface area contributed by atoms with Crippen LogP contribution in [0.2, 0.25) is 0 Å². The fourth-order valence-corrected chi connectivity index (χ4v) is 4.02. The Bertz CT molecular complexity index is 492. The zero-order valence-electron chi connectivity index (χ0n) is 13.0. The van der Waals surface area contributed by atoms with Gasteiger partial charge in [0, 0.05) is 17.2 Å². The summed E-state index contributed by atoms with van der Waals surface area (Å²) in [6, 6.07) is 0.153. The summed E-state index contributed by atoms with van der Waals surface area (Å²) in [5.74, 6) is -0.612. The Labute approximate surface area is 120 Å². The van der Waals surface area contributed by atoms with Crippen LogP contribution in [0.15, 0.2) is 11.1 Å². The predicted octanol–water partition coefficient (Wildman–Crippen LogP) is 2.74. The third-order valence-electron chi connectivity index (χ3n) is 6.32. The molecule has 0 heterocycles. The van der Waals surface area contributed by atoms with Crippen LogP contribution < -0.4 is 5.32 Å². The highest BCUT2D eigenvalue weighted by Gasteiger charge is 2.61. The predicted molar refractivity (Wildman–Crippen MR) is 77.2 cm³/mol. The fraction of sp³-hybridized carbons (Fsp3) is 0.750.